The number of nitrogens with one attached hydrogen (secondary N) is 1. The molecule has 1 N–H and O–H groups in total. The minimum atomic E-state index is -5.35. The molecule has 0 saturated carbocycles. The smallest absolute Gasteiger partial charge is 0.433 e. The average molecular weight is 422 g/mol. The molecule has 0 amide bonds. The van der Waals surface area contributed by atoms with Gasteiger partial charge in [0, 0.05) is 10.0 Å². The van der Waals surface area contributed by atoms with Crippen molar-refractivity contribution in [2.75, 3.05) is 5.32 Å². The maximum absolute atomic E-state index is 13.0. The summed E-state index contributed by atoms with van der Waals surface area (Å²) in [6, 6.07) is 0.812. The van der Waals surface area contributed by atoms with Crippen molar-refractivity contribution < 1.29 is 39.9 Å². The van der Waals surface area contributed by atoms with Gasteiger partial charge in [0.1, 0.15) is 0 Å². The van der Waals surface area contributed by atoms with Crippen molar-refractivity contribution >= 4 is 33.2 Å². The molecule has 0 saturated heterocycles. The summed E-state index contributed by atoms with van der Waals surface area (Å²) >= 11 is 7.26. The molecule has 1 aromatic rings. The average Bonchev–Trinajstić information content (AvgIpc) is 2.29. The zero-order valence-corrected chi connectivity index (χ0v) is 12.3. The van der Waals surface area contributed by atoms with Gasteiger partial charge in [0.15, 0.2) is 5.75 Å². The molecule has 0 aliphatic heterocycles. The van der Waals surface area contributed by atoms with E-state index in [0.717, 1.165) is 0 Å². The molecule has 0 bridgehead atoms. The van der Waals surface area contributed by atoms with Gasteiger partial charge in [-0.05, 0) is 39.7 Å². The zero-order valence-electron chi connectivity index (χ0n) is 10.00. The van der Waals surface area contributed by atoms with Crippen molar-refractivity contribution in [3.8, 4) is 5.75 Å². The monoisotopic (exact) mass is 421 g/mol. The van der Waals surface area contributed by atoms with Gasteiger partial charge >= 0.3 is 18.2 Å². The molecule has 1 rings (SSSR count). The minimum Gasteiger partial charge on any atom is -0.433 e. The van der Waals surface area contributed by atoms with E-state index in [0.29, 0.717) is 6.07 Å². The Morgan fingerprint density at radius 1 is 1.09 bits per heavy atom. The number of alkyl halides is 9. The first-order chi connectivity index (χ1) is 9.82. The third-order valence-electron chi connectivity index (χ3n) is 2.16. The fourth-order valence-electron chi connectivity index (χ4n) is 1.28. The lowest BCUT2D eigenvalue weighted by atomic mass is 10.2. The maximum Gasteiger partial charge on any atom is 0.438 e. The van der Waals surface area contributed by atoms with E-state index in [1.54, 1.807) is 0 Å². The Morgan fingerprint density at radius 3 is 2.05 bits per heavy atom. The van der Waals surface area contributed by atoms with Gasteiger partial charge in [-0.1, -0.05) is 0 Å². The Morgan fingerprint density at radius 2 is 1.64 bits per heavy atom. The molecule has 1 atom stereocenters. The first-order valence-electron chi connectivity index (χ1n) is 5.15. The second-order valence-corrected chi connectivity index (χ2v) is 5.09. The molecule has 126 valence electrons. The fraction of sp³-hybridized carbons (Fsp3) is 0.400. The number of halogens is 10. The number of anilines is 1. The zero-order chi connectivity index (χ0) is 17.3. The van der Waals surface area contributed by atoms with Crippen LogP contribution < -0.4 is 10.1 Å². The van der Waals surface area contributed by atoms with Crippen molar-refractivity contribution in [3.63, 3.8) is 0 Å². The van der Waals surface area contributed by atoms with Crippen LogP contribution in [0.2, 0.25) is 0 Å². The van der Waals surface area contributed by atoms with Gasteiger partial charge in [-0.15, -0.1) is 0 Å². The topological polar surface area (TPSA) is 21.3 Å². The summed E-state index contributed by atoms with van der Waals surface area (Å²) in [6.07, 6.45) is -8.98. The molecule has 0 heterocycles. The van der Waals surface area contributed by atoms with E-state index in [4.69, 9.17) is 11.6 Å². The molecule has 12 heteroatoms. The minimum absolute atomic E-state index is 0.273. The normalized spacial score (nSPS) is 14.1. The highest BCUT2D eigenvalue weighted by Gasteiger charge is 2.41. The van der Waals surface area contributed by atoms with Crippen LogP contribution in [0.25, 0.3) is 0 Å². The highest BCUT2D eigenvalue weighted by atomic mass is 79.9. The summed E-state index contributed by atoms with van der Waals surface area (Å²) in [6.45, 7) is -3.55. The molecule has 0 aromatic heterocycles. The number of benzene rings is 1. The Hall–Kier alpha value is -0.970. The summed E-state index contributed by atoms with van der Waals surface area (Å²) in [5.41, 5.74) is -1.96. The van der Waals surface area contributed by atoms with Crippen LogP contribution in [-0.2, 0) is 5.38 Å². The van der Waals surface area contributed by atoms with E-state index >= 15 is 0 Å². The third-order valence-corrected chi connectivity index (χ3v) is 3.00. The molecular formula is C10H5BrClF8NO. The van der Waals surface area contributed by atoms with Crippen molar-refractivity contribution in [3.05, 3.63) is 22.2 Å². The van der Waals surface area contributed by atoms with Crippen molar-refractivity contribution in [2.45, 2.75) is 24.5 Å². The van der Waals surface area contributed by atoms with Crippen LogP contribution >= 0.6 is 27.5 Å². The quantitative estimate of drug-likeness (QED) is 0.378. The molecular weight excluding hydrogens is 417 g/mol. The van der Waals surface area contributed by atoms with Crippen LogP contribution in [0.3, 0.4) is 0 Å². The van der Waals surface area contributed by atoms with E-state index in [1.165, 1.54) is 5.32 Å². The highest BCUT2D eigenvalue weighted by molar-refractivity contribution is 9.10. The number of hydrogen-bond acceptors (Lipinski definition) is 2. The summed E-state index contributed by atoms with van der Waals surface area (Å²) in [5, 5.41) is -2.78. The second-order valence-electron chi connectivity index (χ2n) is 3.76. The summed E-state index contributed by atoms with van der Waals surface area (Å²) in [7, 11) is 0. The highest BCUT2D eigenvalue weighted by Crippen LogP contribution is 2.43. The molecule has 2 nitrogen and oxygen atoms in total. The van der Waals surface area contributed by atoms with Crippen molar-refractivity contribution in [1.29, 1.82) is 0 Å². The second kappa shape index (κ2) is 6.65. The molecule has 0 fully saturated rings. The Balaban J connectivity index is 3.30. The SMILES string of the molecule is FC(F)Oc1cc(C(F)(F)Cl)cc(Br)c1NC(F)C(F)(F)F. The lowest BCUT2D eigenvalue weighted by Gasteiger charge is -2.20. The molecule has 0 spiro atoms. The maximum atomic E-state index is 13.0. The number of hydrogen-bond donors (Lipinski definition) is 1. The van der Waals surface area contributed by atoms with Crippen LogP contribution in [0.4, 0.5) is 40.8 Å². The van der Waals surface area contributed by atoms with Crippen LogP contribution in [0.5, 0.6) is 5.75 Å². The molecule has 1 unspecified atom stereocenters. The van der Waals surface area contributed by atoms with Gasteiger partial charge in [0.25, 0.3) is 6.30 Å². The largest absolute Gasteiger partial charge is 0.438 e. The lowest BCUT2D eigenvalue weighted by Crippen LogP contribution is -2.32. The van der Waals surface area contributed by atoms with Crippen LogP contribution in [-0.4, -0.2) is 19.1 Å². The van der Waals surface area contributed by atoms with Gasteiger partial charge in [-0.25, -0.2) is 4.39 Å². The van der Waals surface area contributed by atoms with Gasteiger partial charge < -0.3 is 10.1 Å². The van der Waals surface area contributed by atoms with Gasteiger partial charge in [0.05, 0.1) is 5.69 Å². The molecule has 0 aliphatic carbocycles. The Labute approximate surface area is 131 Å². The van der Waals surface area contributed by atoms with Crippen molar-refractivity contribution in [2.24, 2.45) is 0 Å². The van der Waals surface area contributed by atoms with E-state index < -0.39 is 45.9 Å². The van der Waals surface area contributed by atoms with Crippen molar-refractivity contribution in [1.82, 2.24) is 0 Å². The molecule has 0 radical (unpaired) electrons. The van der Waals surface area contributed by atoms with E-state index in [1.807, 2.05) is 0 Å². The molecule has 1 aromatic carbocycles. The predicted octanol–water partition coefficient (Wildman–Crippen LogP) is 5.61. The summed E-state index contributed by atoms with van der Waals surface area (Å²) in [5.74, 6) is -1.13. The Kier molecular flexibility index (Phi) is 5.77. The van der Waals surface area contributed by atoms with E-state index in [2.05, 4.69) is 20.7 Å². The number of ether oxygens (including phenoxy) is 1. The molecule has 22 heavy (non-hydrogen) atoms. The first kappa shape index (κ1) is 19.1. The first-order valence-corrected chi connectivity index (χ1v) is 6.32. The van der Waals surface area contributed by atoms with Crippen LogP contribution in [0.1, 0.15) is 5.56 Å². The van der Waals surface area contributed by atoms with Gasteiger partial charge in [-0.3, -0.25) is 0 Å². The summed E-state index contributed by atoms with van der Waals surface area (Å²) in [4.78, 5) is 0. The van der Waals surface area contributed by atoms with Crippen LogP contribution in [0.15, 0.2) is 16.6 Å². The standard InChI is InChI=1S/C10H5BrClF8NO/c11-4-1-3(9(12,16)17)2-5(22-8(14)15)6(4)21-7(13)10(18,19)20/h1-2,7-8,21H. The molecule has 0 aliphatic rings. The predicted molar refractivity (Wildman–Crippen MR) is 65.1 cm³/mol. The van der Waals surface area contributed by atoms with Gasteiger partial charge in [0.2, 0.25) is 0 Å². The van der Waals surface area contributed by atoms with E-state index in [-0.39, 0.29) is 6.07 Å². The van der Waals surface area contributed by atoms with E-state index in [9.17, 15) is 35.1 Å². The number of rotatable bonds is 5. The fourth-order valence-corrected chi connectivity index (χ4v) is 1.95. The van der Waals surface area contributed by atoms with Crippen LogP contribution in [0, 0.1) is 0 Å². The Bertz CT molecular complexity index is 533. The summed E-state index contributed by atoms with van der Waals surface area (Å²) < 4.78 is 103. The third kappa shape index (κ3) is 5.04. The lowest BCUT2D eigenvalue weighted by molar-refractivity contribution is -0.172. The van der Waals surface area contributed by atoms with Gasteiger partial charge in [-0.2, -0.15) is 30.7 Å².